The van der Waals surface area contributed by atoms with Gasteiger partial charge in [0.15, 0.2) is 5.69 Å². The fraction of sp³-hybridized carbons (Fsp3) is 0.333. The summed E-state index contributed by atoms with van der Waals surface area (Å²) in [4.78, 5) is 17.1. The molecule has 122 valence electrons. The molecule has 0 atom stereocenters. The Hall–Kier alpha value is -2.09. The molecular formula is C15H14F3N3OS. The summed E-state index contributed by atoms with van der Waals surface area (Å²) < 4.78 is 38.3. The Morgan fingerprint density at radius 2 is 1.83 bits per heavy atom. The van der Waals surface area contributed by atoms with E-state index in [1.165, 1.54) is 0 Å². The fourth-order valence-corrected chi connectivity index (χ4v) is 3.23. The molecule has 8 heteroatoms. The van der Waals surface area contributed by atoms with Gasteiger partial charge in [-0.1, -0.05) is 0 Å². The van der Waals surface area contributed by atoms with Gasteiger partial charge >= 0.3 is 6.18 Å². The van der Waals surface area contributed by atoms with Crippen LogP contribution in [0, 0.1) is 0 Å². The molecule has 1 saturated heterocycles. The van der Waals surface area contributed by atoms with E-state index in [1.54, 1.807) is 12.1 Å². The normalized spacial score (nSPS) is 15.0. The Labute approximate surface area is 135 Å². The maximum Gasteiger partial charge on any atom is 0.434 e. The van der Waals surface area contributed by atoms with E-state index < -0.39 is 22.7 Å². The molecule has 2 aromatic rings. The van der Waals surface area contributed by atoms with Gasteiger partial charge in [0.25, 0.3) is 5.91 Å². The van der Waals surface area contributed by atoms with E-state index in [0.717, 1.165) is 37.1 Å². The molecule has 0 aliphatic carbocycles. The van der Waals surface area contributed by atoms with Crippen LogP contribution in [0.25, 0.3) is 0 Å². The van der Waals surface area contributed by atoms with Crippen molar-refractivity contribution in [2.24, 2.45) is 0 Å². The number of halogens is 3. The number of hydrogen-bond donors (Lipinski definition) is 1. The number of anilines is 2. The van der Waals surface area contributed by atoms with Gasteiger partial charge in [0.2, 0.25) is 0 Å². The Kier molecular flexibility index (Phi) is 4.25. The fourth-order valence-electron chi connectivity index (χ4n) is 2.53. The summed E-state index contributed by atoms with van der Waals surface area (Å²) in [5.41, 5.74) is 1.39. The van der Waals surface area contributed by atoms with E-state index in [0.29, 0.717) is 17.0 Å². The number of thiazole rings is 1. The van der Waals surface area contributed by atoms with Gasteiger partial charge in [-0.2, -0.15) is 13.2 Å². The van der Waals surface area contributed by atoms with Crippen molar-refractivity contribution < 1.29 is 18.0 Å². The van der Waals surface area contributed by atoms with Crippen molar-refractivity contribution in [3.05, 3.63) is 40.3 Å². The van der Waals surface area contributed by atoms with Crippen molar-refractivity contribution >= 4 is 28.6 Å². The summed E-state index contributed by atoms with van der Waals surface area (Å²) in [5, 5.41) is 2.49. The number of aromatic nitrogens is 1. The number of carbonyl (C=O) groups is 1. The van der Waals surface area contributed by atoms with Gasteiger partial charge in [-0.15, -0.1) is 11.3 Å². The molecule has 1 aliphatic rings. The van der Waals surface area contributed by atoms with E-state index >= 15 is 0 Å². The molecule has 0 unspecified atom stereocenters. The van der Waals surface area contributed by atoms with E-state index in [-0.39, 0.29) is 0 Å². The first kappa shape index (κ1) is 15.8. The van der Waals surface area contributed by atoms with Crippen LogP contribution in [0.1, 0.15) is 28.2 Å². The van der Waals surface area contributed by atoms with Gasteiger partial charge < -0.3 is 10.2 Å². The molecule has 1 fully saturated rings. The summed E-state index contributed by atoms with van der Waals surface area (Å²) in [7, 11) is 0. The van der Waals surface area contributed by atoms with E-state index in [9.17, 15) is 18.0 Å². The van der Waals surface area contributed by atoms with Crippen LogP contribution >= 0.6 is 11.3 Å². The molecule has 1 aromatic carbocycles. The molecule has 0 radical (unpaired) electrons. The van der Waals surface area contributed by atoms with E-state index in [2.05, 4.69) is 15.2 Å². The molecular weight excluding hydrogens is 327 g/mol. The second kappa shape index (κ2) is 6.19. The zero-order valence-electron chi connectivity index (χ0n) is 12.1. The number of rotatable bonds is 3. The molecule has 0 bridgehead atoms. The monoisotopic (exact) mass is 341 g/mol. The molecule has 1 aliphatic heterocycles. The first-order chi connectivity index (χ1) is 10.9. The van der Waals surface area contributed by atoms with Gasteiger partial charge in [-0.05, 0) is 37.1 Å². The number of alkyl halides is 3. The SMILES string of the molecule is O=C(Nc1ccc(N2CCCC2)cc1)c1scnc1C(F)(F)F. The Morgan fingerprint density at radius 1 is 1.17 bits per heavy atom. The van der Waals surface area contributed by atoms with Crippen LogP contribution in [-0.2, 0) is 6.18 Å². The van der Waals surface area contributed by atoms with Gasteiger partial charge in [0.1, 0.15) is 4.88 Å². The standard InChI is InChI=1S/C15H14F3N3OS/c16-15(17,18)13-12(23-9-19-13)14(22)20-10-3-5-11(6-4-10)21-7-1-2-8-21/h3-6,9H,1-2,7-8H2,(H,20,22). The minimum absolute atomic E-state index is 0.430. The van der Waals surface area contributed by atoms with Gasteiger partial charge in [0.05, 0.1) is 5.51 Å². The zero-order valence-corrected chi connectivity index (χ0v) is 12.9. The summed E-state index contributed by atoms with van der Waals surface area (Å²) in [6, 6.07) is 7.11. The molecule has 1 amide bonds. The number of hydrogen-bond acceptors (Lipinski definition) is 4. The first-order valence-electron chi connectivity index (χ1n) is 7.12. The smallest absolute Gasteiger partial charge is 0.372 e. The van der Waals surface area contributed by atoms with Crippen molar-refractivity contribution in [3.63, 3.8) is 0 Å². The third kappa shape index (κ3) is 3.47. The van der Waals surface area contributed by atoms with Crippen molar-refractivity contribution in [1.82, 2.24) is 4.98 Å². The average molecular weight is 341 g/mol. The largest absolute Gasteiger partial charge is 0.434 e. The van der Waals surface area contributed by atoms with Crippen LogP contribution in [0.4, 0.5) is 24.5 Å². The molecule has 3 rings (SSSR count). The highest BCUT2D eigenvalue weighted by Crippen LogP contribution is 2.33. The highest BCUT2D eigenvalue weighted by atomic mass is 32.1. The topological polar surface area (TPSA) is 45.2 Å². The van der Waals surface area contributed by atoms with Crippen LogP contribution < -0.4 is 10.2 Å². The number of amides is 1. The minimum Gasteiger partial charge on any atom is -0.372 e. The molecule has 4 nitrogen and oxygen atoms in total. The van der Waals surface area contributed by atoms with Crippen molar-refractivity contribution in [2.45, 2.75) is 19.0 Å². The van der Waals surface area contributed by atoms with Crippen LogP contribution in [-0.4, -0.2) is 24.0 Å². The maximum atomic E-state index is 12.8. The third-order valence-electron chi connectivity index (χ3n) is 3.64. The van der Waals surface area contributed by atoms with E-state index in [4.69, 9.17) is 0 Å². The maximum absolute atomic E-state index is 12.8. The Balaban J connectivity index is 1.72. The minimum atomic E-state index is -4.63. The van der Waals surface area contributed by atoms with Crippen LogP contribution in [0.2, 0.25) is 0 Å². The lowest BCUT2D eigenvalue weighted by Gasteiger charge is -2.17. The number of nitrogens with one attached hydrogen (secondary N) is 1. The highest BCUT2D eigenvalue weighted by Gasteiger charge is 2.38. The second-order valence-corrected chi connectivity index (χ2v) is 6.08. The lowest BCUT2D eigenvalue weighted by molar-refractivity contribution is -0.141. The molecule has 1 aromatic heterocycles. The molecule has 23 heavy (non-hydrogen) atoms. The number of nitrogens with zero attached hydrogens (tertiary/aromatic N) is 2. The quantitative estimate of drug-likeness (QED) is 0.917. The molecule has 1 N–H and O–H groups in total. The first-order valence-corrected chi connectivity index (χ1v) is 8.00. The van der Waals surface area contributed by atoms with Gasteiger partial charge in [-0.25, -0.2) is 4.98 Å². The summed E-state index contributed by atoms with van der Waals surface area (Å²) in [6.07, 6.45) is -2.32. The molecule has 2 heterocycles. The van der Waals surface area contributed by atoms with Crippen molar-refractivity contribution in [1.29, 1.82) is 0 Å². The number of carbonyl (C=O) groups excluding carboxylic acids is 1. The zero-order chi connectivity index (χ0) is 16.4. The summed E-state index contributed by atoms with van der Waals surface area (Å²) in [5.74, 6) is -0.797. The van der Waals surface area contributed by atoms with Crippen LogP contribution in [0.5, 0.6) is 0 Å². The predicted octanol–water partition coefficient (Wildman–Crippen LogP) is 4.01. The van der Waals surface area contributed by atoms with Crippen LogP contribution in [0.3, 0.4) is 0 Å². The number of benzene rings is 1. The summed E-state index contributed by atoms with van der Waals surface area (Å²) >= 11 is 0.676. The highest BCUT2D eigenvalue weighted by molar-refractivity contribution is 7.12. The van der Waals surface area contributed by atoms with Crippen LogP contribution in [0.15, 0.2) is 29.8 Å². The Bertz CT molecular complexity index is 691. The molecule has 0 spiro atoms. The predicted molar refractivity (Wildman–Crippen MR) is 83.0 cm³/mol. The summed E-state index contributed by atoms with van der Waals surface area (Å²) in [6.45, 7) is 2.00. The van der Waals surface area contributed by atoms with Crippen molar-refractivity contribution in [3.8, 4) is 0 Å². The van der Waals surface area contributed by atoms with Crippen molar-refractivity contribution in [2.75, 3.05) is 23.3 Å². The lowest BCUT2D eigenvalue weighted by Crippen LogP contribution is -2.18. The van der Waals surface area contributed by atoms with E-state index in [1.807, 2.05) is 12.1 Å². The molecule has 0 saturated carbocycles. The second-order valence-electron chi connectivity index (χ2n) is 5.22. The van der Waals surface area contributed by atoms with Gasteiger partial charge in [0, 0.05) is 24.5 Å². The van der Waals surface area contributed by atoms with Gasteiger partial charge in [-0.3, -0.25) is 4.79 Å². The lowest BCUT2D eigenvalue weighted by atomic mass is 10.2. The third-order valence-corrected chi connectivity index (χ3v) is 4.46. The Morgan fingerprint density at radius 3 is 2.43 bits per heavy atom. The average Bonchev–Trinajstić information content (AvgIpc) is 3.19.